The van der Waals surface area contributed by atoms with E-state index in [4.69, 9.17) is 4.74 Å². The largest absolute Gasteiger partial charge is 0.496 e. The molecule has 4 rings (SSSR count). The standard InChI is InChI=1S/C24H26N2O4S2/c1-14-12-19(30-4)20(21-18-10-11-31-23(18)24(27)25-22(14)21)17-8-6-16(7-9-17)15(2)13-26(3)32(5,28)29/h6-12,15H,13H2,1-5H3,(H,25,27). The number of pyridine rings is 1. The molecular formula is C24H26N2O4S2. The minimum Gasteiger partial charge on any atom is -0.496 e. The predicted octanol–water partition coefficient (Wildman–Crippen LogP) is 4.72. The fourth-order valence-corrected chi connectivity index (χ4v) is 5.41. The van der Waals surface area contributed by atoms with Crippen LogP contribution in [-0.4, -0.2) is 44.7 Å². The van der Waals surface area contributed by atoms with Gasteiger partial charge in [0.15, 0.2) is 0 Å². The molecule has 0 aliphatic heterocycles. The van der Waals surface area contributed by atoms with Crippen molar-refractivity contribution < 1.29 is 13.2 Å². The van der Waals surface area contributed by atoms with Crippen LogP contribution < -0.4 is 10.3 Å². The lowest BCUT2D eigenvalue weighted by atomic mass is 9.93. The topological polar surface area (TPSA) is 79.5 Å². The third kappa shape index (κ3) is 3.94. The van der Waals surface area contributed by atoms with Crippen LogP contribution in [0.5, 0.6) is 5.75 Å². The summed E-state index contributed by atoms with van der Waals surface area (Å²) in [5.74, 6) is 0.785. The van der Waals surface area contributed by atoms with Gasteiger partial charge < -0.3 is 9.72 Å². The smallest absolute Gasteiger partial charge is 0.266 e. The zero-order valence-corrected chi connectivity index (χ0v) is 20.4. The van der Waals surface area contributed by atoms with Crippen molar-refractivity contribution in [1.29, 1.82) is 0 Å². The molecule has 2 aromatic heterocycles. The number of H-pyrrole nitrogens is 1. The van der Waals surface area contributed by atoms with E-state index in [1.54, 1.807) is 14.2 Å². The van der Waals surface area contributed by atoms with Crippen molar-refractivity contribution in [3.8, 4) is 16.9 Å². The summed E-state index contributed by atoms with van der Waals surface area (Å²) in [7, 11) is 0.0200. The van der Waals surface area contributed by atoms with Crippen LogP contribution >= 0.6 is 11.3 Å². The summed E-state index contributed by atoms with van der Waals surface area (Å²) in [5.41, 5.74) is 4.62. The van der Waals surface area contributed by atoms with Gasteiger partial charge in [0.05, 0.1) is 18.9 Å². The Hall–Kier alpha value is -2.68. The van der Waals surface area contributed by atoms with Gasteiger partial charge in [0, 0.05) is 29.9 Å². The van der Waals surface area contributed by atoms with E-state index < -0.39 is 10.0 Å². The van der Waals surface area contributed by atoms with Crippen LogP contribution in [0.2, 0.25) is 0 Å². The summed E-state index contributed by atoms with van der Waals surface area (Å²) >= 11 is 1.43. The van der Waals surface area contributed by atoms with Gasteiger partial charge in [-0.05, 0) is 47.0 Å². The average molecular weight is 471 g/mol. The number of aryl methyl sites for hydroxylation is 1. The first-order valence-electron chi connectivity index (χ1n) is 10.2. The first-order chi connectivity index (χ1) is 15.1. The molecule has 0 aliphatic rings. The number of methoxy groups -OCH3 is 1. The minimum absolute atomic E-state index is 0.0420. The molecule has 6 nitrogen and oxygen atoms in total. The Morgan fingerprint density at radius 3 is 2.50 bits per heavy atom. The maximum absolute atomic E-state index is 12.6. The molecule has 0 amide bonds. The number of fused-ring (bicyclic) bond motifs is 3. The van der Waals surface area contributed by atoms with Crippen LogP contribution in [0.4, 0.5) is 0 Å². The van der Waals surface area contributed by atoms with Gasteiger partial charge in [-0.25, -0.2) is 12.7 Å². The van der Waals surface area contributed by atoms with Crippen LogP contribution in [0.15, 0.2) is 46.6 Å². The highest BCUT2D eigenvalue weighted by Gasteiger charge is 2.19. The second kappa shape index (κ2) is 8.35. The van der Waals surface area contributed by atoms with Crippen LogP contribution in [-0.2, 0) is 10.0 Å². The molecule has 2 heterocycles. The van der Waals surface area contributed by atoms with Gasteiger partial charge in [0.2, 0.25) is 10.0 Å². The number of nitrogens with one attached hydrogen (secondary N) is 1. The van der Waals surface area contributed by atoms with E-state index >= 15 is 0 Å². The summed E-state index contributed by atoms with van der Waals surface area (Å²) in [6, 6.07) is 12.0. The monoisotopic (exact) mass is 470 g/mol. The van der Waals surface area contributed by atoms with Gasteiger partial charge in [-0.1, -0.05) is 31.2 Å². The zero-order valence-electron chi connectivity index (χ0n) is 18.7. The van der Waals surface area contributed by atoms with E-state index in [-0.39, 0.29) is 11.5 Å². The first-order valence-corrected chi connectivity index (χ1v) is 13.0. The molecule has 4 aromatic rings. The summed E-state index contributed by atoms with van der Waals surface area (Å²) in [5, 5.41) is 3.81. The van der Waals surface area contributed by atoms with Gasteiger partial charge in [-0.15, -0.1) is 11.3 Å². The van der Waals surface area contributed by atoms with Crippen LogP contribution in [0.1, 0.15) is 24.0 Å². The average Bonchev–Trinajstić information content (AvgIpc) is 3.24. The second-order valence-corrected chi connectivity index (χ2v) is 11.2. The molecule has 0 bridgehead atoms. The SMILES string of the molecule is COc1cc(C)c2[nH]c(=O)c3sccc3c2c1-c1ccc(C(C)CN(C)S(C)(=O)=O)cc1. The lowest BCUT2D eigenvalue weighted by molar-refractivity contribution is 0.416. The number of ether oxygens (including phenoxy) is 1. The van der Waals surface area contributed by atoms with E-state index in [9.17, 15) is 13.2 Å². The highest BCUT2D eigenvalue weighted by Crippen LogP contribution is 2.42. The maximum atomic E-state index is 12.6. The molecule has 32 heavy (non-hydrogen) atoms. The number of benzene rings is 2. The number of sulfonamides is 1. The molecule has 1 unspecified atom stereocenters. The molecule has 0 aliphatic carbocycles. The molecule has 168 valence electrons. The van der Waals surface area contributed by atoms with Crippen molar-refractivity contribution in [1.82, 2.24) is 9.29 Å². The number of thiophene rings is 1. The quantitative estimate of drug-likeness (QED) is 0.442. The summed E-state index contributed by atoms with van der Waals surface area (Å²) < 4.78 is 31.3. The highest BCUT2D eigenvalue weighted by molar-refractivity contribution is 7.88. The Morgan fingerprint density at radius 2 is 1.88 bits per heavy atom. The summed E-state index contributed by atoms with van der Waals surface area (Å²) in [6.45, 7) is 4.38. The Bertz CT molecular complexity index is 1470. The minimum atomic E-state index is -3.22. The van der Waals surface area contributed by atoms with Crippen molar-refractivity contribution in [2.24, 2.45) is 0 Å². The number of nitrogens with zero attached hydrogens (tertiary/aromatic N) is 1. The van der Waals surface area contributed by atoms with E-state index in [0.29, 0.717) is 11.2 Å². The fraction of sp³-hybridized carbons (Fsp3) is 0.292. The summed E-state index contributed by atoms with van der Waals surface area (Å²) in [4.78, 5) is 15.6. The van der Waals surface area contributed by atoms with Crippen LogP contribution in [0.25, 0.3) is 32.1 Å². The second-order valence-electron chi connectivity index (χ2n) is 8.20. The lowest BCUT2D eigenvalue weighted by Crippen LogP contribution is -2.29. The number of hydrogen-bond acceptors (Lipinski definition) is 5. The van der Waals surface area contributed by atoms with Crippen molar-refractivity contribution in [3.63, 3.8) is 0 Å². The molecule has 1 N–H and O–H groups in total. The Balaban J connectivity index is 1.86. The van der Waals surface area contributed by atoms with Crippen molar-refractivity contribution in [3.05, 3.63) is 63.3 Å². The zero-order chi connectivity index (χ0) is 23.2. The normalized spacial score (nSPS) is 13.2. The number of aromatic nitrogens is 1. The molecule has 0 spiro atoms. The number of rotatable bonds is 6. The Morgan fingerprint density at radius 1 is 1.19 bits per heavy atom. The van der Waals surface area contributed by atoms with Crippen LogP contribution in [0.3, 0.4) is 0 Å². The molecule has 8 heteroatoms. The third-order valence-electron chi connectivity index (χ3n) is 5.95. The third-order valence-corrected chi connectivity index (χ3v) is 8.15. The van der Waals surface area contributed by atoms with Gasteiger partial charge in [0.25, 0.3) is 5.56 Å². The molecule has 0 radical (unpaired) electrons. The predicted molar refractivity (Wildman–Crippen MR) is 133 cm³/mol. The van der Waals surface area contributed by atoms with Crippen molar-refractivity contribution in [2.75, 3.05) is 27.0 Å². The molecule has 1 atom stereocenters. The highest BCUT2D eigenvalue weighted by atomic mass is 32.2. The van der Waals surface area contributed by atoms with Gasteiger partial charge in [0.1, 0.15) is 10.4 Å². The molecule has 0 saturated carbocycles. The molecular weight excluding hydrogens is 444 g/mol. The Labute approximate surface area is 191 Å². The molecule has 0 saturated heterocycles. The van der Waals surface area contributed by atoms with Crippen molar-refractivity contribution in [2.45, 2.75) is 19.8 Å². The first kappa shape index (κ1) is 22.5. The number of likely N-dealkylation sites (N-methyl/N-ethyl adjacent to an activating group) is 1. The van der Waals surface area contributed by atoms with Gasteiger partial charge >= 0.3 is 0 Å². The molecule has 2 aromatic carbocycles. The number of hydrogen-bond donors (Lipinski definition) is 1. The van der Waals surface area contributed by atoms with Crippen LogP contribution in [0, 0.1) is 6.92 Å². The fourth-order valence-electron chi connectivity index (χ4n) is 4.12. The van der Waals surface area contributed by atoms with Gasteiger partial charge in [-0.3, -0.25) is 4.79 Å². The van der Waals surface area contributed by atoms with Crippen molar-refractivity contribution >= 4 is 42.3 Å². The lowest BCUT2D eigenvalue weighted by Gasteiger charge is -2.20. The van der Waals surface area contributed by atoms with E-state index in [0.717, 1.165) is 44.3 Å². The van der Waals surface area contributed by atoms with E-state index in [1.165, 1.54) is 21.9 Å². The van der Waals surface area contributed by atoms with E-state index in [2.05, 4.69) is 4.98 Å². The number of aromatic amines is 1. The Kier molecular flexibility index (Phi) is 5.87. The molecule has 0 fully saturated rings. The van der Waals surface area contributed by atoms with Gasteiger partial charge in [-0.2, -0.15) is 0 Å². The summed E-state index contributed by atoms with van der Waals surface area (Å²) in [6.07, 6.45) is 1.22. The van der Waals surface area contributed by atoms with E-state index in [1.807, 2.05) is 55.6 Å². The maximum Gasteiger partial charge on any atom is 0.266 e.